The first-order valence-electron chi connectivity index (χ1n) is 15.3. The van der Waals surface area contributed by atoms with Crippen LogP contribution in [0.15, 0.2) is 53.0 Å². The van der Waals surface area contributed by atoms with Crippen molar-refractivity contribution < 1.29 is 19.1 Å². The van der Waals surface area contributed by atoms with Crippen molar-refractivity contribution in [2.45, 2.75) is 53.1 Å². The average Bonchev–Trinajstić information content (AvgIpc) is 2.99. The molecule has 2 fully saturated rings. The quantitative estimate of drug-likeness (QED) is 0.465. The Bertz CT molecular complexity index is 1360. The highest BCUT2D eigenvalue weighted by Crippen LogP contribution is 2.34. The van der Waals surface area contributed by atoms with Gasteiger partial charge in [0.1, 0.15) is 0 Å². The normalized spacial score (nSPS) is 20.2. The molecule has 0 aromatic heterocycles. The molecule has 3 aliphatic heterocycles. The number of nitrogens with zero attached hydrogens (tertiary/aromatic N) is 3. The number of anilines is 1. The van der Waals surface area contributed by atoms with Crippen molar-refractivity contribution in [2.75, 3.05) is 57.5 Å². The number of nitrogens with one attached hydrogen (secondary N) is 1. The number of rotatable bonds is 9. The molecule has 5 rings (SSSR count). The number of carbonyl (C=O) groups excluding carboxylic acids is 2. The van der Waals surface area contributed by atoms with E-state index in [4.69, 9.17) is 9.47 Å². The minimum atomic E-state index is -0.438. The summed E-state index contributed by atoms with van der Waals surface area (Å²) in [6.45, 7) is 14.8. The van der Waals surface area contributed by atoms with E-state index in [2.05, 4.69) is 57.4 Å². The van der Waals surface area contributed by atoms with Gasteiger partial charge in [0, 0.05) is 68.9 Å². The van der Waals surface area contributed by atoms with Gasteiger partial charge in [-0.3, -0.25) is 14.5 Å². The van der Waals surface area contributed by atoms with Gasteiger partial charge in [-0.1, -0.05) is 23.8 Å². The topological polar surface area (TPSA) is 83.5 Å². The monoisotopic (exact) mass is 572 g/mol. The van der Waals surface area contributed by atoms with E-state index in [0.29, 0.717) is 17.3 Å². The highest BCUT2D eigenvalue weighted by atomic mass is 16.5. The van der Waals surface area contributed by atoms with Gasteiger partial charge in [0.05, 0.1) is 19.1 Å². The maximum absolute atomic E-state index is 13.8. The number of aliphatic imine (C=N–C) groups is 1. The van der Waals surface area contributed by atoms with Crippen LogP contribution >= 0.6 is 0 Å². The molecule has 3 aliphatic rings. The summed E-state index contributed by atoms with van der Waals surface area (Å²) in [4.78, 5) is 35.4. The Morgan fingerprint density at radius 3 is 2.48 bits per heavy atom. The maximum atomic E-state index is 13.8. The Kier molecular flexibility index (Phi) is 9.88. The van der Waals surface area contributed by atoms with Gasteiger partial charge in [0.2, 0.25) is 0 Å². The van der Waals surface area contributed by atoms with Crippen LogP contribution in [0, 0.1) is 12.8 Å². The Morgan fingerprint density at radius 2 is 1.76 bits per heavy atom. The number of hydrogen-bond acceptors (Lipinski definition) is 6. The fraction of sp³-hybridized carbons (Fsp3) is 0.500. The molecule has 8 heteroatoms. The lowest BCUT2D eigenvalue weighted by atomic mass is 9.93. The molecule has 2 aromatic rings. The second-order valence-electron chi connectivity index (χ2n) is 11.6. The smallest absolute Gasteiger partial charge is 0.254 e. The van der Waals surface area contributed by atoms with Gasteiger partial charge >= 0.3 is 0 Å². The summed E-state index contributed by atoms with van der Waals surface area (Å²) in [5, 5.41) is 3.07. The molecular formula is C34H44N4O4. The molecule has 0 bridgehead atoms. The molecule has 2 amide bonds. The Labute approximate surface area is 249 Å². The summed E-state index contributed by atoms with van der Waals surface area (Å²) in [5.41, 5.74) is 7.64. The Balaban J connectivity index is 1.47. The van der Waals surface area contributed by atoms with E-state index < -0.39 is 5.92 Å². The zero-order valence-electron chi connectivity index (χ0n) is 25.4. The van der Waals surface area contributed by atoms with E-state index >= 15 is 0 Å². The number of benzene rings is 2. The molecule has 1 N–H and O–H groups in total. The molecular weight excluding hydrogens is 528 g/mol. The zero-order chi connectivity index (χ0) is 29.6. The van der Waals surface area contributed by atoms with Gasteiger partial charge in [0.15, 0.2) is 0 Å². The average molecular weight is 573 g/mol. The minimum absolute atomic E-state index is 0.171. The molecule has 2 saturated heterocycles. The Morgan fingerprint density at radius 1 is 1.02 bits per heavy atom. The van der Waals surface area contributed by atoms with Gasteiger partial charge < -0.3 is 19.7 Å². The third-order valence-corrected chi connectivity index (χ3v) is 8.71. The van der Waals surface area contributed by atoms with E-state index in [-0.39, 0.29) is 18.4 Å². The van der Waals surface area contributed by atoms with Gasteiger partial charge in [-0.25, -0.2) is 4.99 Å². The molecule has 3 heterocycles. The van der Waals surface area contributed by atoms with Crippen LogP contribution in [0.25, 0.3) is 11.1 Å². The molecule has 1 unspecified atom stereocenters. The first-order valence-corrected chi connectivity index (χ1v) is 15.3. The number of amides is 2. The third kappa shape index (κ3) is 7.00. The lowest BCUT2D eigenvalue weighted by Crippen LogP contribution is -2.40. The highest BCUT2D eigenvalue weighted by Gasteiger charge is 2.27. The first-order chi connectivity index (χ1) is 20.3. The van der Waals surface area contributed by atoms with Gasteiger partial charge in [-0.15, -0.1) is 0 Å². The van der Waals surface area contributed by atoms with E-state index in [9.17, 15) is 9.59 Å². The van der Waals surface area contributed by atoms with Crippen LogP contribution in [-0.4, -0.2) is 81.1 Å². The number of carbonyl (C=O) groups is 2. The van der Waals surface area contributed by atoms with Crippen LogP contribution in [0.3, 0.4) is 0 Å². The van der Waals surface area contributed by atoms with Gasteiger partial charge in [0.25, 0.3) is 11.8 Å². The molecule has 42 heavy (non-hydrogen) atoms. The summed E-state index contributed by atoms with van der Waals surface area (Å²) < 4.78 is 11.2. The van der Waals surface area contributed by atoms with Crippen LogP contribution in [-0.2, 0) is 20.8 Å². The molecule has 224 valence electrons. The predicted octanol–water partition coefficient (Wildman–Crippen LogP) is 4.79. The highest BCUT2D eigenvalue weighted by molar-refractivity contribution is 6.06. The number of morpholine rings is 1. The van der Waals surface area contributed by atoms with Crippen LogP contribution in [0.2, 0.25) is 0 Å². The first kappa shape index (κ1) is 30.1. The third-order valence-electron chi connectivity index (χ3n) is 8.71. The Hall–Kier alpha value is -3.33. The van der Waals surface area contributed by atoms with Crippen molar-refractivity contribution >= 4 is 23.2 Å². The van der Waals surface area contributed by atoms with E-state index in [1.807, 2.05) is 32.9 Å². The van der Waals surface area contributed by atoms with Crippen LogP contribution < -0.4 is 10.2 Å². The van der Waals surface area contributed by atoms with Crippen molar-refractivity contribution in [1.82, 2.24) is 10.2 Å². The largest absolute Gasteiger partial charge is 0.381 e. The van der Waals surface area contributed by atoms with Crippen molar-refractivity contribution in [3.05, 3.63) is 64.7 Å². The van der Waals surface area contributed by atoms with Crippen molar-refractivity contribution in [3.8, 4) is 11.1 Å². The molecule has 0 radical (unpaired) electrons. The van der Waals surface area contributed by atoms with Crippen LogP contribution in [0.1, 0.15) is 55.1 Å². The van der Waals surface area contributed by atoms with Crippen LogP contribution in [0.5, 0.6) is 0 Å². The summed E-state index contributed by atoms with van der Waals surface area (Å²) in [6, 6.07) is 13.2. The SMILES string of the molecule is CCN(c1cc(-c2cccc(CN3CCOCC3)c2)cc(C(=O)NCC2C(=O)N=C(C)C=C2C)c1C)C1CCOCC1. The standard InChI is InChI=1S/C34H44N4O4/c1-5-38(29-9-13-41-14-10-29)32-20-28(27-8-6-7-26(18-27)22-37-11-15-42-16-12-37)19-30(25(32)4)33(39)35-21-31-23(2)17-24(3)36-34(31)40/h6-8,17-20,29,31H,5,9-16,21-22H2,1-4H3,(H,35,39). The number of ether oxygens (including phenoxy) is 2. The van der Waals surface area contributed by atoms with Gasteiger partial charge in [-0.2, -0.15) is 0 Å². The fourth-order valence-corrected chi connectivity index (χ4v) is 6.34. The van der Waals surface area contributed by atoms with Crippen molar-refractivity contribution in [1.29, 1.82) is 0 Å². The van der Waals surface area contributed by atoms with Crippen LogP contribution in [0.4, 0.5) is 5.69 Å². The molecule has 0 saturated carbocycles. The predicted molar refractivity (Wildman–Crippen MR) is 167 cm³/mol. The van der Waals surface area contributed by atoms with E-state index in [1.165, 1.54) is 5.56 Å². The van der Waals surface area contributed by atoms with Crippen molar-refractivity contribution in [2.24, 2.45) is 10.9 Å². The minimum Gasteiger partial charge on any atom is -0.381 e. The molecule has 2 aromatic carbocycles. The van der Waals surface area contributed by atoms with E-state index in [1.54, 1.807) is 0 Å². The molecule has 1 atom stereocenters. The molecule has 0 aliphatic carbocycles. The number of allylic oxidation sites excluding steroid dienone is 1. The van der Waals surface area contributed by atoms with Gasteiger partial charge in [-0.05, 0) is 87.1 Å². The van der Waals surface area contributed by atoms with E-state index in [0.717, 1.165) is 93.4 Å². The summed E-state index contributed by atoms with van der Waals surface area (Å²) >= 11 is 0. The number of hydrogen-bond donors (Lipinski definition) is 1. The summed E-state index contributed by atoms with van der Waals surface area (Å²) in [6.07, 6.45) is 3.84. The lowest BCUT2D eigenvalue weighted by Gasteiger charge is -2.37. The summed E-state index contributed by atoms with van der Waals surface area (Å²) in [7, 11) is 0. The fourth-order valence-electron chi connectivity index (χ4n) is 6.34. The second kappa shape index (κ2) is 13.8. The lowest BCUT2D eigenvalue weighted by molar-refractivity contribution is -0.120. The maximum Gasteiger partial charge on any atom is 0.254 e. The molecule has 8 nitrogen and oxygen atoms in total. The molecule has 0 spiro atoms. The second-order valence-corrected chi connectivity index (χ2v) is 11.6. The summed E-state index contributed by atoms with van der Waals surface area (Å²) in [5.74, 6) is -0.811. The van der Waals surface area contributed by atoms with Crippen molar-refractivity contribution in [3.63, 3.8) is 0 Å². The zero-order valence-corrected chi connectivity index (χ0v) is 25.4. The number of dihydropyridines is 1.